The number of hydrogen-bond donors (Lipinski definition) is 2. The number of rotatable bonds is 6. The summed E-state index contributed by atoms with van der Waals surface area (Å²) >= 11 is 1.25. The van der Waals surface area contributed by atoms with Gasteiger partial charge in [0.1, 0.15) is 0 Å². The van der Waals surface area contributed by atoms with Crippen molar-refractivity contribution >= 4 is 11.8 Å². The van der Waals surface area contributed by atoms with Gasteiger partial charge in [0.2, 0.25) is 0 Å². The van der Waals surface area contributed by atoms with Gasteiger partial charge in [0.05, 0.1) is 0 Å². The molecule has 7 heteroatoms. The van der Waals surface area contributed by atoms with Gasteiger partial charge in [-0.2, -0.15) is 0 Å². The van der Waals surface area contributed by atoms with Gasteiger partial charge in [-0.25, -0.2) is 15.0 Å². The molecule has 0 aliphatic carbocycles. The Morgan fingerprint density at radius 2 is 2.10 bits per heavy atom. The number of aryl methyl sites for hydroxylation is 1. The lowest BCUT2D eigenvalue weighted by Gasteiger charge is -2.05. The topological polar surface area (TPSA) is 97.5 Å². The third-order valence-electron chi connectivity index (χ3n) is 2.71. The fourth-order valence-electron chi connectivity index (χ4n) is 1.88. The van der Waals surface area contributed by atoms with Crippen molar-refractivity contribution in [2.75, 3.05) is 0 Å². The molecule has 0 saturated heterocycles. The first-order chi connectivity index (χ1) is 10.1. The Labute approximate surface area is 127 Å². The van der Waals surface area contributed by atoms with E-state index in [1.807, 2.05) is 6.92 Å². The van der Waals surface area contributed by atoms with Crippen molar-refractivity contribution in [3.8, 4) is 0 Å². The van der Waals surface area contributed by atoms with E-state index in [1.165, 1.54) is 17.8 Å². The van der Waals surface area contributed by atoms with Gasteiger partial charge in [-0.1, -0.05) is 13.3 Å². The van der Waals surface area contributed by atoms with Gasteiger partial charge in [0.15, 0.2) is 10.3 Å². The molecule has 1 unspecified atom stereocenters. The molecule has 1 atom stereocenters. The van der Waals surface area contributed by atoms with Crippen LogP contribution in [0.15, 0.2) is 33.6 Å². The second kappa shape index (κ2) is 7.33. The third-order valence-corrected chi connectivity index (χ3v) is 3.49. The second-order valence-electron chi connectivity index (χ2n) is 4.95. The molecule has 6 nitrogen and oxygen atoms in total. The van der Waals surface area contributed by atoms with Gasteiger partial charge >= 0.3 is 0 Å². The quantitative estimate of drug-likeness (QED) is 0.786. The molecule has 21 heavy (non-hydrogen) atoms. The van der Waals surface area contributed by atoms with Crippen molar-refractivity contribution in [2.45, 2.75) is 49.5 Å². The van der Waals surface area contributed by atoms with Crippen LogP contribution in [0.1, 0.15) is 31.5 Å². The smallest absolute Gasteiger partial charge is 0.251 e. The van der Waals surface area contributed by atoms with Crippen LogP contribution in [0.25, 0.3) is 0 Å². The molecule has 0 spiro atoms. The summed E-state index contributed by atoms with van der Waals surface area (Å²) < 4.78 is 0. The van der Waals surface area contributed by atoms with Crippen LogP contribution < -0.4 is 11.3 Å². The number of hydrogen-bond acceptors (Lipinski definition) is 6. The van der Waals surface area contributed by atoms with Crippen LogP contribution in [0.3, 0.4) is 0 Å². The first-order valence-electron chi connectivity index (χ1n) is 6.91. The second-order valence-corrected chi connectivity index (χ2v) is 5.91. The molecule has 0 fully saturated rings. The van der Waals surface area contributed by atoms with E-state index in [-0.39, 0.29) is 11.6 Å². The Morgan fingerprint density at radius 3 is 2.71 bits per heavy atom. The van der Waals surface area contributed by atoms with E-state index in [0.29, 0.717) is 10.3 Å². The number of aromatic amines is 1. The summed E-state index contributed by atoms with van der Waals surface area (Å²) in [6.45, 7) is 3.99. The van der Waals surface area contributed by atoms with Gasteiger partial charge < -0.3 is 10.7 Å². The molecule has 0 saturated carbocycles. The summed E-state index contributed by atoms with van der Waals surface area (Å²) in [5.41, 5.74) is 7.37. The zero-order valence-electron chi connectivity index (χ0n) is 12.2. The molecule has 2 aromatic heterocycles. The molecule has 3 N–H and O–H groups in total. The van der Waals surface area contributed by atoms with Crippen LogP contribution in [0.2, 0.25) is 0 Å². The number of nitrogens with two attached hydrogens (primary N) is 1. The fourth-order valence-corrected chi connectivity index (χ4v) is 2.57. The van der Waals surface area contributed by atoms with Crippen LogP contribution in [0, 0.1) is 0 Å². The highest BCUT2D eigenvalue weighted by Crippen LogP contribution is 2.19. The highest BCUT2D eigenvalue weighted by atomic mass is 32.2. The lowest BCUT2D eigenvalue weighted by Crippen LogP contribution is -2.18. The minimum Gasteiger partial charge on any atom is -0.328 e. The number of nitrogens with one attached hydrogen (secondary N) is 1. The molecular formula is C14H19N5OS. The van der Waals surface area contributed by atoms with E-state index >= 15 is 0 Å². The minimum absolute atomic E-state index is 0.0795. The summed E-state index contributed by atoms with van der Waals surface area (Å²) in [4.78, 5) is 27.2. The van der Waals surface area contributed by atoms with E-state index in [9.17, 15) is 4.79 Å². The summed E-state index contributed by atoms with van der Waals surface area (Å²) in [7, 11) is 0. The maximum Gasteiger partial charge on any atom is 0.251 e. The summed E-state index contributed by atoms with van der Waals surface area (Å²) in [6, 6.07) is 1.61. The van der Waals surface area contributed by atoms with Gasteiger partial charge in [-0.15, -0.1) is 0 Å². The molecular weight excluding hydrogens is 286 g/mol. The Balaban J connectivity index is 2.12. The highest BCUT2D eigenvalue weighted by molar-refractivity contribution is 7.99. The summed E-state index contributed by atoms with van der Waals surface area (Å²) in [6.07, 6.45) is 5.99. The maximum absolute atomic E-state index is 11.6. The van der Waals surface area contributed by atoms with Crippen LogP contribution in [-0.2, 0) is 12.8 Å². The predicted molar refractivity (Wildman–Crippen MR) is 82.4 cm³/mol. The molecule has 0 radical (unpaired) electrons. The molecule has 0 bridgehead atoms. The Hall–Kier alpha value is -1.73. The Kier molecular flexibility index (Phi) is 5.46. The first kappa shape index (κ1) is 15.7. The lowest BCUT2D eigenvalue weighted by atomic mass is 10.1. The fraction of sp³-hybridized carbons (Fsp3) is 0.429. The number of nitrogens with zero attached hydrogens (tertiary/aromatic N) is 3. The van der Waals surface area contributed by atoms with Gasteiger partial charge in [0.25, 0.3) is 5.56 Å². The third kappa shape index (κ3) is 4.95. The van der Waals surface area contributed by atoms with Crippen molar-refractivity contribution in [1.82, 2.24) is 19.9 Å². The van der Waals surface area contributed by atoms with Crippen LogP contribution in [0.5, 0.6) is 0 Å². The molecule has 0 aliphatic heterocycles. The molecule has 2 heterocycles. The lowest BCUT2D eigenvalue weighted by molar-refractivity contribution is 0.726. The highest BCUT2D eigenvalue weighted by Gasteiger charge is 2.06. The van der Waals surface area contributed by atoms with Gasteiger partial charge in [0, 0.05) is 30.2 Å². The van der Waals surface area contributed by atoms with E-state index in [2.05, 4.69) is 26.9 Å². The van der Waals surface area contributed by atoms with Crippen molar-refractivity contribution in [3.05, 3.63) is 40.1 Å². The average Bonchev–Trinajstić information content (AvgIpc) is 2.40. The molecule has 0 aromatic carbocycles. The Bertz CT molecular complexity index is 639. The van der Waals surface area contributed by atoms with Gasteiger partial charge in [-0.3, -0.25) is 4.79 Å². The van der Waals surface area contributed by atoms with E-state index in [4.69, 9.17) is 5.73 Å². The molecule has 0 aliphatic rings. The van der Waals surface area contributed by atoms with Crippen molar-refractivity contribution in [2.24, 2.45) is 5.73 Å². The van der Waals surface area contributed by atoms with E-state index in [1.54, 1.807) is 12.4 Å². The average molecular weight is 305 g/mol. The SMILES string of the molecule is CCCc1cc(=O)[nH]c(Sc2ncc(CC(C)N)cn2)n1. The van der Waals surface area contributed by atoms with E-state index < -0.39 is 0 Å². The van der Waals surface area contributed by atoms with E-state index in [0.717, 1.165) is 30.5 Å². The Morgan fingerprint density at radius 1 is 1.38 bits per heavy atom. The van der Waals surface area contributed by atoms with Gasteiger partial charge in [-0.05, 0) is 37.1 Å². The summed E-state index contributed by atoms with van der Waals surface area (Å²) in [5, 5.41) is 1.08. The zero-order valence-corrected chi connectivity index (χ0v) is 13.0. The minimum atomic E-state index is -0.149. The summed E-state index contributed by atoms with van der Waals surface area (Å²) in [5.74, 6) is 0. The molecule has 112 valence electrons. The van der Waals surface area contributed by atoms with Crippen molar-refractivity contribution in [1.29, 1.82) is 0 Å². The van der Waals surface area contributed by atoms with Crippen molar-refractivity contribution in [3.63, 3.8) is 0 Å². The first-order valence-corrected chi connectivity index (χ1v) is 7.73. The predicted octanol–water partition coefficient (Wildman–Crippen LogP) is 1.55. The van der Waals surface area contributed by atoms with Crippen molar-refractivity contribution < 1.29 is 0 Å². The number of aromatic nitrogens is 4. The molecule has 2 aromatic rings. The molecule has 2 rings (SSSR count). The number of H-pyrrole nitrogens is 1. The van der Waals surface area contributed by atoms with Crippen LogP contribution >= 0.6 is 11.8 Å². The normalized spacial score (nSPS) is 12.3. The monoisotopic (exact) mass is 305 g/mol. The zero-order chi connectivity index (χ0) is 15.2. The van der Waals surface area contributed by atoms with Crippen LogP contribution in [-0.4, -0.2) is 26.0 Å². The molecule has 0 amide bonds. The standard InChI is InChI=1S/C14H19N5OS/c1-3-4-11-6-12(20)19-14(18-11)21-13-16-7-10(8-17-13)5-9(2)15/h6-9H,3-5,15H2,1-2H3,(H,18,19,20). The maximum atomic E-state index is 11.6. The largest absolute Gasteiger partial charge is 0.328 e. The van der Waals surface area contributed by atoms with Crippen LogP contribution in [0.4, 0.5) is 0 Å².